The second kappa shape index (κ2) is 8.99. The second-order valence-corrected chi connectivity index (χ2v) is 5.77. The summed E-state index contributed by atoms with van der Waals surface area (Å²) in [5.41, 5.74) is 1.24. The zero-order valence-electron chi connectivity index (χ0n) is 14.6. The Morgan fingerprint density at radius 1 is 0.920 bits per heavy atom. The van der Waals surface area contributed by atoms with Gasteiger partial charge in [0.25, 0.3) is 0 Å². The van der Waals surface area contributed by atoms with Crippen molar-refractivity contribution in [2.24, 2.45) is 0 Å². The number of hydrogen-bond donors (Lipinski definition) is 2. The van der Waals surface area contributed by atoms with E-state index in [4.69, 9.17) is 4.74 Å². The molecular weight excluding hydrogens is 316 g/mol. The van der Waals surface area contributed by atoms with E-state index in [0.29, 0.717) is 13.0 Å². The zero-order valence-corrected chi connectivity index (χ0v) is 14.6. The summed E-state index contributed by atoms with van der Waals surface area (Å²) in [6, 6.07) is 19.1. The average Bonchev–Trinajstić information content (AvgIpc) is 2.68. The molecule has 0 aliphatic rings. The van der Waals surface area contributed by atoms with Crippen LogP contribution in [0.15, 0.2) is 60.7 Å². The maximum Gasteiger partial charge on any atom is 0.309 e. The van der Waals surface area contributed by atoms with Gasteiger partial charge in [-0.05, 0) is 17.5 Å². The van der Waals surface area contributed by atoms with Crippen LogP contribution >= 0.6 is 0 Å². The van der Waals surface area contributed by atoms with Crippen molar-refractivity contribution < 1.29 is 14.3 Å². The fourth-order valence-electron chi connectivity index (χ4n) is 2.67. The maximum absolute atomic E-state index is 12.1. The highest BCUT2D eigenvalue weighted by atomic mass is 16.5. The van der Waals surface area contributed by atoms with Crippen LogP contribution in [0, 0.1) is 0 Å². The van der Waals surface area contributed by atoms with Gasteiger partial charge in [0.05, 0.1) is 6.54 Å². The summed E-state index contributed by atoms with van der Waals surface area (Å²) in [6.45, 7) is 2.52. The third-order valence-corrected chi connectivity index (χ3v) is 4.30. The lowest BCUT2D eigenvalue weighted by molar-refractivity contribution is -0.140. The lowest BCUT2D eigenvalue weighted by Crippen LogP contribution is -2.46. The Morgan fingerprint density at radius 2 is 1.48 bits per heavy atom. The Morgan fingerprint density at radius 3 is 2.04 bits per heavy atom. The second-order valence-electron chi connectivity index (χ2n) is 5.77. The van der Waals surface area contributed by atoms with Crippen LogP contribution in [-0.2, 0) is 26.5 Å². The summed E-state index contributed by atoms with van der Waals surface area (Å²) in [5, 5.41) is 5.30. The molecule has 1 unspecified atom stereocenters. The van der Waals surface area contributed by atoms with Crippen LogP contribution in [0.3, 0.4) is 0 Å². The normalized spacial score (nSPS) is 12.9. The van der Waals surface area contributed by atoms with E-state index >= 15 is 0 Å². The number of hydrogen-bond acceptors (Lipinski definition) is 3. The van der Waals surface area contributed by atoms with E-state index in [9.17, 15) is 9.59 Å². The number of rotatable bonds is 7. The van der Waals surface area contributed by atoms with Gasteiger partial charge < -0.3 is 15.4 Å². The SMILES string of the molecule is CCC(CNC(=O)C(=O)NCc1ccccc1)(OC)c1ccccc1. The predicted molar refractivity (Wildman–Crippen MR) is 96.7 cm³/mol. The van der Waals surface area contributed by atoms with Gasteiger partial charge in [0.1, 0.15) is 5.60 Å². The summed E-state index contributed by atoms with van der Waals surface area (Å²) in [5.74, 6) is -1.32. The Bertz CT molecular complexity index is 683. The molecule has 0 radical (unpaired) electrons. The summed E-state index contributed by atoms with van der Waals surface area (Å²) in [6.07, 6.45) is 0.666. The van der Waals surface area contributed by atoms with Crippen LogP contribution in [0.2, 0.25) is 0 Å². The van der Waals surface area contributed by atoms with Gasteiger partial charge in [-0.1, -0.05) is 67.6 Å². The molecule has 2 amide bonds. The largest absolute Gasteiger partial charge is 0.372 e. The third kappa shape index (κ3) is 4.90. The maximum atomic E-state index is 12.1. The molecule has 0 heterocycles. The summed E-state index contributed by atoms with van der Waals surface area (Å²) in [4.78, 5) is 24.1. The number of methoxy groups -OCH3 is 1. The lowest BCUT2D eigenvalue weighted by Gasteiger charge is -2.32. The van der Waals surface area contributed by atoms with Crippen LogP contribution < -0.4 is 10.6 Å². The molecule has 1 atom stereocenters. The topological polar surface area (TPSA) is 67.4 Å². The zero-order chi connectivity index (χ0) is 18.1. The molecule has 2 aromatic carbocycles. The molecule has 2 N–H and O–H groups in total. The van der Waals surface area contributed by atoms with Crippen molar-refractivity contribution in [1.82, 2.24) is 10.6 Å². The standard InChI is InChI=1S/C20H24N2O3/c1-3-20(25-2,17-12-8-5-9-13-17)15-22-19(24)18(23)21-14-16-10-6-4-7-11-16/h4-13H,3,14-15H2,1-2H3,(H,21,23)(H,22,24). The van der Waals surface area contributed by atoms with Crippen LogP contribution in [0.4, 0.5) is 0 Å². The number of ether oxygens (including phenoxy) is 1. The van der Waals surface area contributed by atoms with Gasteiger partial charge in [-0.2, -0.15) is 0 Å². The molecule has 0 fully saturated rings. The first-order chi connectivity index (χ1) is 12.1. The molecule has 0 spiro atoms. The van der Waals surface area contributed by atoms with E-state index in [1.54, 1.807) is 7.11 Å². The predicted octanol–water partition coefficient (Wildman–Crippen LogP) is 2.37. The molecule has 2 aromatic rings. The fraction of sp³-hybridized carbons (Fsp3) is 0.300. The van der Waals surface area contributed by atoms with E-state index in [0.717, 1.165) is 11.1 Å². The van der Waals surface area contributed by atoms with Crippen molar-refractivity contribution >= 4 is 11.8 Å². The summed E-state index contributed by atoms with van der Waals surface area (Å²) >= 11 is 0. The molecule has 0 saturated carbocycles. The Labute approximate surface area is 148 Å². The van der Waals surface area contributed by atoms with Gasteiger partial charge in [0.2, 0.25) is 0 Å². The Balaban J connectivity index is 1.93. The van der Waals surface area contributed by atoms with Crippen molar-refractivity contribution in [2.75, 3.05) is 13.7 Å². The molecule has 0 saturated heterocycles. The number of benzene rings is 2. The smallest absolute Gasteiger partial charge is 0.309 e. The number of carbonyl (C=O) groups is 2. The van der Waals surface area contributed by atoms with Gasteiger partial charge in [-0.3, -0.25) is 9.59 Å². The molecule has 5 heteroatoms. The quantitative estimate of drug-likeness (QED) is 0.761. The van der Waals surface area contributed by atoms with Crippen molar-refractivity contribution in [3.8, 4) is 0 Å². The van der Waals surface area contributed by atoms with E-state index in [1.165, 1.54) is 0 Å². The first kappa shape index (κ1) is 18.7. The van der Waals surface area contributed by atoms with Crippen LogP contribution in [0.1, 0.15) is 24.5 Å². The molecule has 0 aromatic heterocycles. The van der Waals surface area contributed by atoms with Crippen molar-refractivity contribution in [1.29, 1.82) is 0 Å². The number of nitrogens with one attached hydrogen (secondary N) is 2. The molecular formula is C20H24N2O3. The number of amides is 2. The highest BCUT2D eigenvalue weighted by Crippen LogP contribution is 2.27. The van der Waals surface area contributed by atoms with Crippen LogP contribution in [-0.4, -0.2) is 25.5 Å². The number of carbonyl (C=O) groups excluding carboxylic acids is 2. The highest BCUT2D eigenvalue weighted by Gasteiger charge is 2.31. The van der Waals surface area contributed by atoms with E-state index in [-0.39, 0.29) is 6.54 Å². The van der Waals surface area contributed by atoms with Crippen molar-refractivity contribution in [2.45, 2.75) is 25.5 Å². The minimum atomic E-state index is -0.665. The van der Waals surface area contributed by atoms with Crippen molar-refractivity contribution in [3.05, 3.63) is 71.8 Å². The highest BCUT2D eigenvalue weighted by molar-refractivity contribution is 6.35. The summed E-state index contributed by atoms with van der Waals surface area (Å²) in [7, 11) is 1.61. The minimum absolute atomic E-state index is 0.224. The van der Waals surface area contributed by atoms with Gasteiger partial charge in [-0.25, -0.2) is 0 Å². The third-order valence-electron chi connectivity index (χ3n) is 4.30. The van der Waals surface area contributed by atoms with E-state index < -0.39 is 17.4 Å². The van der Waals surface area contributed by atoms with Gasteiger partial charge >= 0.3 is 11.8 Å². The average molecular weight is 340 g/mol. The molecule has 5 nitrogen and oxygen atoms in total. The van der Waals surface area contributed by atoms with E-state index in [1.807, 2.05) is 67.6 Å². The first-order valence-corrected chi connectivity index (χ1v) is 8.32. The molecule has 0 bridgehead atoms. The van der Waals surface area contributed by atoms with E-state index in [2.05, 4.69) is 10.6 Å². The van der Waals surface area contributed by atoms with Crippen LogP contribution in [0.5, 0.6) is 0 Å². The molecule has 132 valence electrons. The summed E-state index contributed by atoms with van der Waals surface area (Å²) < 4.78 is 5.69. The Hall–Kier alpha value is -2.66. The van der Waals surface area contributed by atoms with Gasteiger partial charge in [0, 0.05) is 13.7 Å². The monoisotopic (exact) mass is 340 g/mol. The molecule has 25 heavy (non-hydrogen) atoms. The van der Waals surface area contributed by atoms with Gasteiger partial charge in [0.15, 0.2) is 0 Å². The first-order valence-electron chi connectivity index (χ1n) is 8.32. The molecule has 0 aliphatic heterocycles. The molecule has 2 rings (SSSR count). The Kier molecular flexibility index (Phi) is 6.71. The van der Waals surface area contributed by atoms with Crippen LogP contribution in [0.25, 0.3) is 0 Å². The lowest BCUT2D eigenvalue weighted by atomic mass is 9.90. The van der Waals surface area contributed by atoms with Crippen molar-refractivity contribution in [3.63, 3.8) is 0 Å². The van der Waals surface area contributed by atoms with Gasteiger partial charge in [-0.15, -0.1) is 0 Å². The fourth-order valence-corrected chi connectivity index (χ4v) is 2.67. The minimum Gasteiger partial charge on any atom is -0.372 e. The molecule has 0 aliphatic carbocycles.